The Kier molecular flexibility index (Phi) is 4.51. The Hall–Kier alpha value is -2.10. The number of hydrogen-bond donors (Lipinski definition) is 0. The van der Waals surface area contributed by atoms with Gasteiger partial charge in [0.2, 0.25) is 11.8 Å². The summed E-state index contributed by atoms with van der Waals surface area (Å²) in [5.41, 5.74) is 1.98. The third kappa shape index (κ3) is 3.03. The molecule has 1 saturated heterocycles. The van der Waals surface area contributed by atoms with E-state index in [0.29, 0.717) is 12.3 Å². The number of oxazole rings is 1. The fourth-order valence-electron chi connectivity index (χ4n) is 3.21. The van der Waals surface area contributed by atoms with Gasteiger partial charge in [0.15, 0.2) is 0 Å². The number of rotatable bonds is 4. The lowest BCUT2D eigenvalue weighted by Gasteiger charge is -2.21. The fourth-order valence-corrected chi connectivity index (χ4v) is 3.21. The van der Waals surface area contributed by atoms with Crippen molar-refractivity contribution in [1.29, 1.82) is 0 Å². The number of carbonyl (C=O) groups excluding carboxylic acids is 1. The molecule has 0 aliphatic carbocycles. The minimum absolute atomic E-state index is 0.0163. The molecule has 0 N–H and O–H groups in total. The van der Waals surface area contributed by atoms with Crippen molar-refractivity contribution in [3.05, 3.63) is 42.0 Å². The van der Waals surface area contributed by atoms with Crippen LogP contribution in [0.25, 0.3) is 11.3 Å². The Morgan fingerprint density at radius 1 is 1.35 bits per heavy atom. The van der Waals surface area contributed by atoms with Crippen LogP contribution in [-0.2, 0) is 4.79 Å². The summed E-state index contributed by atoms with van der Waals surface area (Å²) in [5, 5.41) is 0. The maximum Gasteiger partial charge on any atom is 0.222 e. The predicted molar refractivity (Wildman–Crippen MR) is 90.0 cm³/mol. The van der Waals surface area contributed by atoms with E-state index in [4.69, 9.17) is 9.40 Å². The molecule has 1 amide bonds. The average molecular weight is 312 g/mol. The van der Waals surface area contributed by atoms with Crippen LogP contribution in [0.3, 0.4) is 0 Å². The van der Waals surface area contributed by atoms with E-state index in [1.165, 1.54) is 0 Å². The Labute approximate surface area is 137 Å². The van der Waals surface area contributed by atoms with Gasteiger partial charge in [0.05, 0.1) is 0 Å². The standard InChI is InChI=1S/C19H24N2O2/c1-4-16(22)21-12-8-11-15(21)19-20-17(18(23-19)13(2)3)14-9-6-5-7-10-14/h5-7,9-10,13,15H,4,8,11-12H2,1-3H3/t15-/m1/s1. The van der Waals surface area contributed by atoms with E-state index in [1.807, 2.05) is 30.0 Å². The SMILES string of the molecule is CCC(=O)N1CCC[C@@H]1c1nc(-c2ccccc2)c(C(C)C)o1. The fraction of sp³-hybridized carbons (Fsp3) is 0.474. The first kappa shape index (κ1) is 15.8. The zero-order chi connectivity index (χ0) is 16.4. The van der Waals surface area contributed by atoms with E-state index in [1.54, 1.807) is 0 Å². The summed E-state index contributed by atoms with van der Waals surface area (Å²) in [6, 6.07) is 10.1. The summed E-state index contributed by atoms with van der Waals surface area (Å²) < 4.78 is 6.13. The van der Waals surface area contributed by atoms with Crippen LogP contribution in [0.4, 0.5) is 0 Å². The van der Waals surface area contributed by atoms with Crippen LogP contribution in [0.2, 0.25) is 0 Å². The normalized spacial score (nSPS) is 17.9. The van der Waals surface area contributed by atoms with Crippen LogP contribution >= 0.6 is 0 Å². The van der Waals surface area contributed by atoms with Gasteiger partial charge >= 0.3 is 0 Å². The summed E-state index contributed by atoms with van der Waals surface area (Å²) in [4.78, 5) is 18.9. The van der Waals surface area contributed by atoms with E-state index >= 15 is 0 Å². The molecule has 4 heteroatoms. The second kappa shape index (κ2) is 6.57. The summed E-state index contributed by atoms with van der Waals surface area (Å²) in [7, 11) is 0. The largest absolute Gasteiger partial charge is 0.442 e. The van der Waals surface area contributed by atoms with Gasteiger partial charge in [0, 0.05) is 24.4 Å². The van der Waals surface area contributed by atoms with Gasteiger partial charge in [-0.05, 0) is 12.8 Å². The third-order valence-electron chi connectivity index (χ3n) is 4.40. The maximum atomic E-state index is 12.1. The van der Waals surface area contributed by atoms with Gasteiger partial charge in [-0.2, -0.15) is 0 Å². The Morgan fingerprint density at radius 3 is 2.74 bits per heavy atom. The van der Waals surface area contributed by atoms with E-state index < -0.39 is 0 Å². The molecular weight excluding hydrogens is 288 g/mol. The summed E-state index contributed by atoms with van der Waals surface area (Å²) in [6.45, 7) is 6.93. The van der Waals surface area contributed by atoms with Crippen molar-refractivity contribution in [3.63, 3.8) is 0 Å². The van der Waals surface area contributed by atoms with E-state index in [9.17, 15) is 4.79 Å². The molecule has 0 radical (unpaired) electrons. The summed E-state index contributed by atoms with van der Waals surface area (Å²) >= 11 is 0. The molecule has 4 nitrogen and oxygen atoms in total. The second-order valence-corrected chi connectivity index (χ2v) is 6.38. The summed E-state index contributed by atoms with van der Waals surface area (Å²) in [6.07, 6.45) is 2.47. The summed E-state index contributed by atoms with van der Waals surface area (Å²) in [5.74, 6) is 2.02. The molecule has 1 fully saturated rings. The number of hydrogen-bond acceptors (Lipinski definition) is 3. The molecule has 1 aliphatic heterocycles. The van der Waals surface area contributed by atoms with Gasteiger partial charge in [-0.25, -0.2) is 4.98 Å². The molecule has 0 spiro atoms. The molecule has 23 heavy (non-hydrogen) atoms. The van der Waals surface area contributed by atoms with Crippen LogP contribution in [0, 0.1) is 0 Å². The highest BCUT2D eigenvalue weighted by Crippen LogP contribution is 2.37. The molecule has 2 heterocycles. The maximum absolute atomic E-state index is 12.1. The number of amides is 1. The molecule has 0 saturated carbocycles. The van der Waals surface area contributed by atoms with Gasteiger partial charge in [-0.15, -0.1) is 0 Å². The third-order valence-corrected chi connectivity index (χ3v) is 4.40. The first-order valence-corrected chi connectivity index (χ1v) is 8.47. The molecule has 0 unspecified atom stereocenters. The molecule has 1 atom stereocenters. The Bertz CT molecular complexity index is 676. The smallest absolute Gasteiger partial charge is 0.222 e. The first-order chi connectivity index (χ1) is 11.1. The van der Waals surface area contributed by atoms with Crippen molar-refractivity contribution in [2.75, 3.05) is 6.54 Å². The van der Waals surface area contributed by atoms with E-state index in [-0.39, 0.29) is 17.9 Å². The second-order valence-electron chi connectivity index (χ2n) is 6.38. The van der Waals surface area contributed by atoms with E-state index in [2.05, 4.69) is 26.0 Å². The lowest BCUT2D eigenvalue weighted by molar-refractivity contribution is -0.132. The molecule has 1 aromatic heterocycles. The molecule has 0 bridgehead atoms. The molecule has 3 rings (SSSR count). The number of likely N-dealkylation sites (tertiary alicyclic amines) is 1. The Balaban J connectivity index is 2.00. The number of carbonyl (C=O) groups is 1. The monoisotopic (exact) mass is 312 g/mol. The van der Waals surface area contributed by atoms with Gasteiger partial charge in [0.25, 0.3) is 0 Å². The predicted octanol–water partition coefficient (Wildman–Crippen LogP) is 4.54. The zero-order valence-corrected chi connectivity index (χ0v) is 14.1. The Morgan fingerprint density at radius 2 is 2.09 bits per heavy atom. The van der Waals surface area contributed by atoms with Crippen LogP contribution in [0.15, 0.2) is 34.7 Å². The topological polar surface area (TPSA) is 46.3 Å². The van der Waals surface area contributed by atoms with Crippen molar-refractivity contribution < 1.29 is 9.21 Å². The lowest BCUT2D eigenvalue weighted by atomic mass is 10.0. The number of benzene rings is 1. The van der Waals surface area contributed by atoms with Gasteiger partial charge in [0.1, 0.15) is 17.5 Å². The van der Waals surface area contributed by atoms with Crippen molar-refractivity contribution in [2.24, 2.45) is 0 Å². The molecule has 1 aromatic carbocycles. The quantitative estimate of drug-likeness (QED) is 0.832. The van der Waals surface area contributed by atoms with Crippen LogP contribution < -0.4 is 0 Å². The van der Waals surface area contributed by atoms with Crippen molar-refractivity contribution >= 4 is 5.91 Å². The van der Waals surface area contributed by atoms with Crippen LogP contribution in [0.5, 0.6) is 0 Å². The van der Waals surface area contributed by atoms with Crippen molar-refractivity contribution in [1.82, 2.24) is 9.88 Å². The average Bonchev–Trinajstić information content (AvgIpc) is 3.21. The number of nitrogens with zero attached hydrogens (tertiary/aromatic N) is 2. The first-order valence-electron chi connectivity index (χ1n) is 8.47. The highest BCUT2D eigenvalue weighted by molar-refractivity contribution is 5.76. The van der Waals surface area contributed by atoms with Gasteiger partial charge in [-0.3, -0.25) is 4.79 Å². The van der Waals surface area contributed by atoms with Crippen molar-refractivity contribution in [3.8, 4) is 11.3 Å². The van der Waals surface area contributed by atoms with Crippen LogP contribution in [-0.4, -0.2) is 22.3 Å². The zero-order valence-electron chi connectivity index (χ0n) is 14.1. The minimum Gasteiger partial charge on any atom is -0.442 e. The minimum atomic E-state index is -0.0163. The molecule has 122 valence electrons. The highest BCUT2D eigenvalue weighted by Gasteiger charge is 2.33. The lowest BCUT2D eigenvalue weighted by Crippen LogP contribution is -2.29. The van der Waals surface area contributed by atoms with Gasteiger partial charge in [-0.1, -0.05) is 51.1 Å². The molecule has 2 aromatic rings. The van der Waals surface area contributed by atoms with Gasteiger partial charge < -0.3 is 9.32 Å². The van der Waals surface area contributed by atoms with E-state index in [0.717, 1.165) is 36.4 Å². The highest BCUT2D eigenvalue weighted by atomic mass is 16.4. The molecule has 1 aliphatic rings. The van der Waals surface area contributed by atoms with Crippen LogP contribution in [0.1, 0.15) is 63.6 Å². The number of aromatic nitrogens is 1. The molecular formula is C19H24N2O2. The van der Waals surface area contributed by atoms with Crippen molar-refractivity contribution in [2.45, 2.75) is 52.0 Å².